The van der Waals surface area contributed by atoms with Crippen LogP contribution in [0.3, 0.4) is 0 Å². The molecular weight excluding hydrogens is 270 g/mol. The minimum absolute atomic E-state index is 0.156. The fraction of sp³-hybridized carbons (Fsp3) is 0.800. The molecule has 0 spiro atoms. The van der Waals surface area contributed by atoms with Crippen molar-refractivity contribution in [2.24, 2.45) is 0 Å². The molecule has 1 aliphatic heterocycles. The van der Waals surface area contributed by atoms with Gasteiger partial charge in [0.1, 0.15) is 11.6 Å². The Hall–Kier alpha value is -1.61. The molecule has 6 nitrogen and oxygen atoms in total. The average Bonchev–Trinajstić information content (AvgIpc) is 2.96. The van der Waals surface area contributed by atoms with Gasteiger partial charge in [-0.1, -0.05) is 6.42 Å². The molecule has 1 atom stereocenters. The highest BCUT2D eigenvalue weighted by Gasteiger charge is 2.37. The molecule has 0 aromatic carbocycles. The van der Waals surface area contributed by atoms with Gasteiger partial charge in [-0.3, -0.25) is 14.5 Å². The summed E-state index contributed by atoms with van der Waals surface area (Å²) in [4.78, 5) is 25.9. The number of methoxy groups -OCH3 is 1. The van der Waals surface area contributed by atoms with Gasteiger partial charge in [0.25, 0.3) is 0 Å². The maximum atomic E-state index is 12.2. The van der Waals surface area contributed by atoms with Gasteiger partial charge in [0.05, 0.1) is 19.7 Å². The molecule has 1 heterocycles. The van der Waals surface area contributed by atoms with E-state index in [0.29, 0.717) is 6.54 Å². The van der Waals surface area contributed by atoms with Crippen LogP contribution >= 0.6 is 0 Å². The van der Waals surface area contributed by atoms with Gasteiger partial charge in [-0.15, -0.1) is 0 Å². The van der Waals surface area contributed by atoms with Crippen molar-refractivity contribution in [1.82, 2.24) is 10.2 Å². The predicted molar refractivity (Wildman–Crippen MR) is 76.2 cm³/mol. The SMILES string of the molecule is COC(=O)C1CCCCN1CC(=O)NC1(C#N)CCCC1. The van der Waals surface area contributed by atoms with Crippen LogP contribution in [-0.4, -0.2) is 48.6 Å². The van der Waals surface area contributed by atoms with Crippen LogP contribution in [0.4, 0.5) is 0 Å². The average molecular weight is 293 g/mol. The van der Waals surface area contributed by atoms with E-state index in [1.165, 1.54) is 7.11 Å². The third kappa shape index (κ3) is 3.73. The zero-order valence-corrected chi connectivity index (χ0v) is 12.6. The standard InChI is InChI=1S/C15H23N3O3/c1-21-14(20)12-6-2-5-9-18(12)10-13(19)17-15(11-16)7-3-4-8-15/h12H,2-10H2,1H3,(H,17,19). The summed E-state index contributed by atoms with van der Waals surface area (Å²) in [7, 11) is 1.37. The van der Waals surface area contributed by atoms with Crippen LogP contribution in [0.1, 0.15) is 44.9 Å². The van der Waals surface area contributed by atoms with E-state index >= 15 is 0 Å². The molecule has 0 radical (unpaired) electrons. The molecule has 2 fully saturated rings. The summed E-state index contributed by atoms with van der Waals surface area (Å²) in [5, 5.41) is 12.2. The molecular formula is C15H23N3O3. The Labute approximate surface area is 125 Å². The zero-order valence-electron chi connectivity index (χ0n) is 12.6. The van der Waals surface area contributed by atoms with Crippen LogP contribution in [0.5, 0.6) is 0 Å². The van der Waals surface area contributed by atoms with E-state index in [-0.39, 0.29) is 24.5 Å². The normalized spacial score (nSPS) is 25.0. The second-order valence-corrected chi connectivity index (χ2v) is 5.95. The van der Waals surface area contributed by atoms with Gasteiger partial charge in [0.15, 0.2) is 0 Å². The molecule has 1 unspecified atom stereocenters. The van der Waals surface area contributed by atoms with Crippen molar-refractivity contribution in [2.45, 2.75) is 56.5 Å². The van der Waals surface area contributed by atoms with E-state index in [1.54, 1.807) is 0 Å². The van der Waals surface area contributed by atoms with Crippen LogP contribution in [0.25, 0.3) is 0 Å². The lowest BCUT2D eigenvalue weighted by Crippen LogP contribution is -2.53. The van der Waals surface area contributed by atoms with Crippen molar-refractivity contribution in [3.8, 4) is 6.07 Å². The fourth-order valence-electron chi connectivity index (χ4n) is 3.32. The molecule has 1 aliphatic carbocycles. The second kappa shape index (κ2) is 6.90. The monoisotopic (exact) mass is 293 g/mol. The summed E-state index contributed by atoms with van der Waals surface area (Å²) in [6, 6.07) is 1.91. The quantitative estimate of drug-likeness (QED) is 0.781. The van der Waals surface area contributed by atoms with Crippen molar-refractivity contribution in [3.05, 3.63) is 0 Å². The third-order valence-corrected chi connectivity index (χ3v) is 4.48. The number of carbonyl (C=O) groups is 2. The Kier molecular flexibility index (Phi) is 5.18. The number of hydrogen-bond acceptors (Lipinski definition) is 5. The van der Waals surface area contributed by atoms with Gasteiger partial charge in [0.2, 0.25) is 5.91 Å². The lowest BCUT2D eigenvalue weighted by atomic mass is 9.99. The van der Waals surface area contributed by atoms with Gasteiger partial charge in [-0.05, 0) is 45.1 Å². The summed E-state index contributed by atoms with van der Waals surface area (Å²) in [6.07, 6.45) is 6.06. The van der Waals surface area contributed by atoms with Gasteiger partial charge in [-0.2, -0.15) is 5.26 Å². The van der Waals surface area contributed by atoms with Crippen LogP contribution in [0, 0.1) is 11.3 Å². The maximum Gasteiger partial charge on any atom is 0.323 e. The number of nitrogens with one attached hydrogen (secondary N) is 1. The van der Waals surface area contributed by atoms with Crippen molar-refractivity contribution >= 4 is 11.9 Å². The second-order valence-electron chi connectivity index (χ2n) is 5.95. The van der Waals surface area contributed by atoms with E-state index in [0.717, 1.165) is 44.9 Å². The maximum absolute atomic E-state index is 12.2. The number of carbonyl (C=O) groups excluding carboxylic acids is 2. The van der Waals surface area contributed by atoms with Crippen molar-refractivity contribution < 1.29 is 14.3 Å². The molecule has 1 amide bonds. The number of likely N-dealkylation sites (tertiary alicyclic amines) is 1. The van der Waals surface area contributed by atoms with Gasteiger partial charge < -0.3 is 10.1 Å². The first-order valence-electron chi connectivity index (χ1n) is 7.64. The highest BCUT2D eigenvalue weighted by molar-refractivity contribution is 5.81. The first-order chi connectivity index (χ1) is 10.1. The van der Waals surface area contributed by atoms with Crippen LogP contribution < -0.4 is 5.32 Å². The van der Waals surface area contributed by atoms with Crippen LogP contribution in [0.15, 0.2) is 0 Å². The molecule has 116 valence electrons. The minimum Gasteiger partial charge on any atom is -0.468 e. The number of nitriles is 1. The van der Waals surface area contributed by atoms with Crippen molar-refractivity contribution in [1.29, 1.82) is 5.26 Å². The van der Waals surface area contributed by atoms with Gasteiger partial charge >= 0.3 is 5.97 Å². The number of nitrogens with zero attached hydrogens (tertiary/aromatic N) is 2. The Bertz CT molecular complexity index is 438. The molecule has 2 rings (SSSR count). The first-order valence-corrected chi connectivity index (χ1v) is 7.64. The van der Waals surface area contributed by atoms with E-state index in [2.05, 4.69) is 11.4 Å². The summed E-state index contributed by atoms with van der Waals surface area (Å²) in [5.41, 5.74) is -0.701. The molecule has 6 heteroatoms. The number of rotatable bonds is 4. The lowest BCUT2D eigenvalue weighted by Gasteiger charge is -2.34. The molecule has 1 N–H and O–H groups in total. The molecule has 2 aliphatic rings. The smallest absolute Gasteiger partial charge is 0.323 e. The topological polar surface area (TPSA) is 82.4 Å². The predicted octanol–water partition coefficient (Wildman–Crippen LogP) is 0.966. The lowest BCUT2D eigenvalue weighted by molar-refractivity contribution is -0.148. The molecule has 1 saturated carbocycles. The highest BCUT2D eigenvalue weighted by atomic mass is 16.5. The van der Waals surface area contributed by atoms with Crippen molar-refractivity contribution in [2.75, 3.05) is 20.2 Å². The fourth-order valence-corrected chi connectivity index (χ4v) is 3.32. The largest absolute Gasteiger partial charge is 0.468 e. The van der Waals surface area contributed by atoms with E-state index < -0.39 is 5.54 Å². The Morgan fingerprint density at radius 1 is 1.33 bits per heavy atom. The summed E-state index contributed by atoms with van der Waals surface area (Å²) in [6.45, 7) is 0.871. The van der Waals surface area contributed by atoms with Crippen LogP contribution in [0.2, 0.25) is 0 Å². The van der Waals surface area contributed by atoms with Gasteiger partial charge in [-0.25, -0.2) is 0 Å². The molecule has 1 saturated heterocycles. The Balaban J connectivity index is 1.94. The molecule has 21 heavy (non-hydrogen) atoms. The number of ether oxygens (including phenoxy) is 1. The Morgan fingerprint density at radius 3 is 2.67 bits per heavy atom. The van der Waals surface area contributed by atoms with Crippen molar-refractivity contribution in [3.63, 3.8) is 0 Å². The molecule has 0 aromatic rings. The van der Waals surface area contributed by atoms with E-state index in [1.807, 2.05) is 4.90 Å². The molecule has 0 aromatic heterocycles. The Morgan fingerprint density at radius 2 is 2.05 bits per heavy atom. The molecule has 0 bridgehead atoms. The summed E-state index contributed by atoms with van der Waals surface area (Å²) in [5.74, 6) is -0.451. The van der Waals surface area contributed by atoms with Crippen LogP contribution in [-0.2, 0) is 14.3 Å². The number of piperidine rings is 1. The third-order valence-electron chi connectivity index (χ3n) is 4.48. The van der Waals surface area contributed by atoms with E-state index in [4.69, 9.17) is 4.74 Å². The number of esters is 1. The first kappa shape index (κ1) is 15.8. The minimum atomic E-state index is -0.701. The summed E-state index contributed by atoms with van der Waals surface area (Å²) < 4.78 is 4.81. The summed E-state index contributed by atoms with van der Waals surface area (Å²) >= 11 is 0. The van der Waals surface area contributed by atoms with Gasteiger partial charge in [0, 0.05) is 0 Å². The number of hydrogen-bond donors (Lipinski definition) is 1. The van der Waals surface area contributed by atoms with E-state index in [9.17, 15) is 14.9 Å². The number of amides is 1. The highest BCUT2D eigenvalue weighted by Crippen LogP contribution is 2.29. The zero-order chi connectivity index (χ0) is 15.3.